The minimum atomic E-state index is 0.796. The molecule has 1 aromatic rings. The predicted molar refractivity (Wildman–Crippen MR) is 72.0 cm³/mol. The molecule has 0 saturated heterocycles. The molecule has 2 heteroatoms. The Morgan fingerprint density at radius 1 is 1.44 bits per heavy atom. The first-order chi connectivity index (χ1) is 7.75. The van der Waals surface area contributed by atoms with Crippen molar-refractivity contribution in [1.82, 2.24) is 5.32 Å². The van der Waals surface area contributed by atoms with E-state index in [1.54, 1.807) is 0 Å². The fraction of sp³-hybridized carbons (Fsp3) is 0.714. The SMILES string of the molecule is CC(C)C(CCc1ccsc1)CNC1CC1. The Kier molecular flexibility index (Phi) is 4.42. The molecule has 1 heterocycles. The van der Waals surface area contributed by atoms with Crippen LogP contribution in [0.5, 0.6) is 0 Å². The lowest BCUT2D eigenvalue weighted by atomic mass is 9.90. The van der Waals surface area contributed by atoms with Crippen LogP contribution in [0.4, 0.5) is 0 Å². The van der Waals surface area contributed by atoms with Crippen LogP contribution in [0.25, 0.3) is 0 Å². The minimum absolute atomic E-state index is 0.796. The number of nitrogens with one attached hydrogen (secondary N) is 1. The van der Waals surface area contributed by atoms with Crippen molar-refractivity contribution >= 4 is 11.3 Å². The third kappa shape index (κ3) is 3.91. The van der Waals surface area contributed by atoms with Crippen LogP contribution in [0, 0.1) is 11.8 Å². The van der Waals surface area contributed by atoms with Gasteiger partial charge >= 0.3 is 0 Å². The van der Waals surface area contributed by atoms with Gasteiger partial charge in [-0.05, 0) is 66.5 Å². The Morgan fingerprint density at radius 3 is 2.81 bits per heavy atom. The van der Waals surface area contributed by atoms with Crippen LogP contribution in [0.3, 0.4) is 0 Å². The van der Waals surface area contributed by atoms with Gasteiger partial charge in [0, 0.05) is 6.04 Å². The summed E-state index contributed by atoms with van der Waals surface area (Å²) in [5.41, 5.74) is 1.52. The van der Waals surface area contributed by atoms with E-state index in [0.29, 0.717) is 0 Å². The zero-order chi connectivity index (χ0) is 11.4. The molecular formula is C14H23NS. The fourth-order valence-electron chi connectivity index (χ4n) is 2.06. The Balaban J connectivity index is 1.72. The Hall–Kier alpha value is -0.340. The van der Waals surface area contributed by atoms with E-state index >= 15 is 0 Å². The van der Waals surface area contributed by atoms with Crippen molar-refractivity contribution in [2.24, 2.45) is 11.8 Å². The number of thiophene rings is 1. The summed E-state index contributed by atoms with van der Waals surface area (Å²) >= 11 is 1.81. The summed E-state index contributed by atoms with van der Waals surface area (Å²) in [5.74, 6) is 1.63. The zero-order valence-corrected chi connectivity index (χ0v) is 11.2. The van der Waals surface area contributed by atoms with E-state index in [-0.39, 0.29) is 0 Å². The molecule has 1 fully saturated rings. The molecule has 1 N–H and O–H groups in total. The summed E-state index contributed by atoms with van der Waals surface area (Å²) in [6.45, 7) is 5.92. The third-order valence-electron chi connectivity index (χ3n) is 3.57. The van der Waals surface area contributed by atoms with Crippen LogP contribution in [-0.2, 0) is 6.42 Å². The van der Waals surface area contributed by atoms with Crippen LogP contribution < -0.4 is 5.32 Å². The highest BCUT2D eigenvalue weighted by Crippen LogP contribution is 2.22. The van der Waals surface area contributed by atoms with E-state index in [1.807, 2.05) is 11.3 Å². The molecule has 90 valence electrons. The first-order valence-electron chi connectivity index (χ1n) is 6.50. The first-order valence-corrected chi connectivity index (χ1v) is 7.44. The largest absolute Gasteiger partial charge is 0.314 e. The van der Waals surface area contributed by atoms with Crippen molar-refractivity contribution in [3.63, 3.8) is 0 Å². The summed E-state index contributed by atoms with van der Waals surface area (Å²) in [6, 6.07) is 3.11. The average molecular weight is 237 g/mol. The normalized spacial score (nSPS) is 17.9. The third-order valence-corrected chi connectivity index (χ3v) is 4.30. The first kappa shape index (κ1) is 12.1. The van der Waals surface area contributed by atoms with Gasteiger partial charge in [-0.15, -0.1) is 0 Å². The molecule has 1 aromatic heterocycles. The van der Waals surface area contributed by atoms with Crippen molar-refractivity contribution in [3.05, 3.63) is 22.4 Å². The van der Waals surface area contributed by atoms with Crippen LogP contribution in [0.1, 0.15) is 38.7 Å². The van der Waals surface area contributed by atoms with E-state index in [1.165, 1.54) is 37.8 Å². The van der Waals surface area contributed by atoms with Crippen LogP contribution in [0.2, 0.25) is 0 Å². The van der Waals surface area contributed by atoms with Gasteiger partial charge in [0.1, 0.15) is 0 Å². The highest BCUT2D eigenvalue weighted by Gasteiger charge is 2.22. The molecule has 1 aliphatic rings. The molecule has 1 aliphatic carbocycles. The quantitative estimate of drug-likeness (QED) is 0.762. The summed E-state index contributed by atoms with van der Waals surface area (Å²) in [5, 5.41) is 8.14. The summed E-state index contributed by atoms with van der Waals surface area (Å²) in [7, 11) is 0. The van der Waals surface area contributed by atoms with Gasteiger partial charge in [0.15, 0.2) is 0 Å². The molecule has 0 aromatic carbocycles. The number of hydrogen-bond acceptors (Lipinski definition) is 2. The maximum atomic E-state index is 3.67. The second-order valence-electron chi connectivity index (χ2n) is 5.36. The van der Waals surface area contributed by atoms with E-state index in [0.717, 1.165) is 17.9 Å². The topological polar surface area (TPSA) is 12.0 Å². The standard InChI is InChI=1S/C14H23NS/c1-11(2)13(9-15-14-5-6-14)4-3-12-7-8-16-10-12/h7-8,10-11,13-15H,3-6,9H2,1-2H3. The lowest BCUT2D eigenvalue weighted by Gasteiger charge is -2.21. The number of rotatable bonds is 7. The van der Waals surface area contributed by atoms with E-state index in [2.05, 4.69) is 36.0 Å². The minimum Gasteiger partial charge on any atom is -0.314 e. The van der Waals surface area contributed by atoms with Gasteiger partial charge in [-0.1, -0.05) is 13.8 Å². The Labute approximate surface area is 103 Å². The second kappa shape index (κ2) is 5.83. The zero-order valence-electron chi connectivity index (χ0n) is 10.4. The maximum Gasteiger partial charge on any atom is 0.00683 e. The van der Waals surface area contributed by atoms with Crippen molar-refractivity contribution < 1.29 is 0 Å². The highest BCUT2D eigenvalue weighted by atomic mass is 32.1. The van der Waals surface area contributed by atoms with E-state index in [9.17, 15) is 0 Å². The monoisotopic (exact) mass is 237 g/mol. The molecule has 0 bridgehead atoms. The maximum absolute atomic E-state index is 3.67. The molecule has 2 rings (SSSR count). The molecule has 1 saturated carbocycles. The molecule has 0 amide bonds. The molecule has 1 atom stereocenters. The van der Waals surface area contributed by atoms with Crippen LogP contribution in [-0.4, -0.2) is 12.6 Å². The molecule has 16 heavy (non-hydrogen) atoms. The average Bonchev–Trinajstić information content (AvgIpc) is 2.93. The van der Waals surface area contributed by atoms with Gasteiger partial charge in [0.05, 0.1) is 0 Å². The highest BCUT2D eigenvalue weighted by molar-refractivity contribution is 7.07. The van der Waals surface area contributed by atoms with Gasteiger partial charge in [-0.2, -0.15) is 11.3 Å². The summed E-state index contributed by atoms with van der Waals surface area (Å²) in [6.07, 6.45) is 5.37. The Bertz CT molecular complexity index is 288. The number of hydrogen-bond donors (Lipinski definition) is 1. The van der Waals surface area contributed by atoms with Gasteiger partial charge in [-0.3, -0.25) is 0 Å². The number of aryl methyl sites for hydroxylation is 1. The van der Waals surface area contributed by atoms with Crippen molar-refractivity contribution in [2.45, 2.75) is 45.6 Å². The van der Waals surface area contributed by atoms with Gasteiger partial charge in [0.25, 0.3) is 0 Å². The van der Waals surface area contributed by atoms with Crippen LogP contribution in [0.15, 0.2) is 16.8 Å². The molecule has 1 nitrogen and oxygen atoms in total. The second-order valence-corrected chi connectivity index (χ2v) is 6.14. The summed E-state index contributed by atoms with van der Waals surface area (Å²) in [4.78, 5) is 0. The predicted octanol–water partition coefficient (Wildman–Crippen LogP) is 3.70. The van der Waals surface area contributed by atoms with Crippen LogP contribution >= 0.6 is 11.3 Å². The molecular weight excluding hydrogens is 214 g/mol. The van der Waals surface area contributed by atoms with E-state index in [4.69, 9.17) is 0 Å². The smallest absolute Gasteiger partial charge is 0.00683 e. The van der Waals surface area contributed by atoms with Gasteiger partial charge < -0.3 is 5.32 Å². The van der Waals surface area contributed by atoms with Gasteiger partial charge in [0.2, 0.25) is 0 Å². The van der Waals surface area contributed by atoms with Crippen molar-refractivity contribution in [3.8, 4) is 0 Å². The molecule has 0 aliphatic heterocycles. The van der Waals surface area contributed by atoms with Gasteiger partial charge in [-0.25, -0.2) is 0 Å². The van der Waals surface area contributed by atoms with E-state index < -0.39 is 0 Å². The molecule has 1 unspecified atom stereocenters. The lowest BCUT2D eigenvalue weighted by Crippen LogP contribution is -2.28. The van der Waals surface area contributed by atoms with Crippen molar-refractivity contribution in [1.29, 1.82) is 0 Å². The fourth-order valence-corrected chi connectivity index (χ4v) is 2.77. The van der Waals surface area contributed by atoms with Crippen molar-refractivity contribution in [2.75, 3.05) is 6.54 Å². The molecule has 0 spiro atoms. The lowest BCUT2D eigenvalue weighted by molar-refractivity contribution is 0.340. The molecule has 0 radical (unpaired) electrons. The summed E-state index contributed by atoms with van der Waals surface area (Å²) < 4.78 is 0. The Morgan fingerprint density at radius 2 is 2.25 bits per heavy atom.